The Morgan fingerprint density at radius 3 is 2.24 bits per heavy atom. The first kappa shape index (κ1) is 18.3. The molecule has 0 aromatic rings. The number of nitrogens with zero attached hydrogens (tertiary/aromatic N) is 2. The Kier molecular flexibility index (Phi) is 6.07. The lowest BCUT2D eigenvalue weighted by Gasteiger charge is -2.36. The van der Waals surface area contributed by atoms with Gasteiger partial charge in [-0.3, -0.25) is 0 Å². The van der Waals surface area contributed by atoms with E-state index in [0.29, 0.717) is 18.5 Å². The fourth-order valence-corrected chi connectivity index (χ4v) is 4.86. The van der Waals surface area contributed by atoms with Crippen molar-refractivity contribution in [2.45, 2.75) is 70.3 Å². The van der Waals surface area contributed by atoms with Gasteiger partial charge in [-0.15, -0.1) is 0 Å². The summed E-state index contributed by atoms with van der Waals surface area (Å²) in [4.78, 5) is 27.9. The van der Waals surface area contributed by atoms with Crippen LogP contribution >= 0.6 is 0 Å². The minimum atomic E-state index is -0.268. The molecule has 0 aromatic heterocycles. The summed E-state index contributed by atoms with van der Waals surface area (Å²) < 4.78 is 4.76. The lowest BCUT2D eigenvalue weighted by Crippen LogP contribution is -2.50. The zero-order valence-corrected chi connectivity index (χ0v) is 15.6. The molecule has 2 aliphatic heterocycles. The number of urea groups is 1. The van der Waals surface area contributed by atoms with Crippen LogP contribution in [0.2, 0.25) is 0 Å². The van der Waals surface area contributed by atoms with Crippen molar-refractivity contribution in [1.82, 2.24) is 15.1 Å². The first-order chi connectivity index (χ1) is 12.1. The Morgan fingerprint density at radius 2 is 1.56 bits per heavy atom. The molecule has 25 heavy (non-hydrogen) atoms. The number of piperidine rings is 1. The molecule has 2 saturated heterocycles. The molecule has 1 spiro atoms. The van der Waals surface area contributed by atoms with E-state index < -0.39 is 0 Å². The van der Waals surface area contributed by atoms with E-state index in [0.717, 1.165) is 32.4 Å². The van der Waals surface area contributed by atoms with Crippen LogP contribution in [0.25, 0.3) is 0 Å². The van der Waals surface area contributed by atoms with E-state index in [-0.39, 0.29) is 18.2 Å². The van der Waals surface area contributed by atoms with Gasteiger partial charge < -0.3 is 19.9 Å². The van der Waals surface area contributed by atoms with E-state index in [1.165, 1.54) is 52.1 Å². The molecule has 0 radical (unpaired) electrons. The van der Waals surface area contributed by atoms with Gasteiger partial charge in [0.1, 0.15) is 0 Å². The summed E-state index contributed by atoms with van der Waals surface area (Å²) >= 11 is 0. The predicted octanol–water partition coefficient (Wildman–Crippen LogP) is 3.36. The van der Waals surface area contributed by atoms with Crippen molar-refractivity contribution < 1.29 is 14.3 Å². The summed E-state index contributed by atoms with van der Waals surface area (Å²) in [7, 11) is 1.41. The van der Waals surface area contributed by atoms with E-state index in [4.69, 9.17) is 4.74 Å². The number of methoxy groups -OCH3 is 1. The molecule has 1 aliphatic carbocycles. The van der Waals surface area contributed by atoms with Crippen LogP contribution in [0.1, 0.15) is 64.2 Å². The Hall–Kier alpha value is -1.46. The molecule has 6 heteroatoms. The largest absolute Gasteiger partial charge is 0.453 e. The van der Waals surface area contributed by atoms with Gasteiger partial charge in [-0.25, -0.2) is 9.59 Å². The van der Waals surface area contributed by atoms with E-state index in [9.17, 15) is 9.59 Å². The van der Waals surface area contributed by atoms with Crippen LogP contribution in [-0.2, 0) is 4.74 Å². The highest BCUT2D eigenvalue weighted by molar-refractivity contribution is 5.74. The van der Waals surface area contributed by atoms with Gasteiger partial charge in [0.25, 0.3) is 0 Å². The number of carbonyl (C=O) groups is 2. The van der Waals surface area contributed by atoms with Gasteiger partial charge in [-0.1, -0.05) is 19.3 Å². The highest BCUT2D eigenvalue weighted by atomic mass is 16.5. The number of rotatable bonds is 1. The third-order valence-electron chi connectivity index (χ3n) is 6.50. The monoisotopic (exact) mass is 351 g/mol. The van der Waals surface area contributed by atoms with Crippen LogP contribution in [-0.4, -0.2) is 61.3 Å². The third kappa shape index (κ3) is 4.59. The predicted molar refractivity (Wildman–Crippen MR) is 96.5 cm³/mol. The Bertz CT molecular complexity index is 469. The number of amides is 3. The number of hydrogen-bond acceptors (Lipinski definition) is 3. The Balaban J connectivity index is 1.45. The molecule has 3 rings (SSSR count). The average Bonchev–Trinajstić information content (AvgIpc) is 2.85. The van der Waals surface area contributed by atoms with Crippen molar-refractivity contribution in [3.05, 3.63) is 0 Å². The summed E-state index contributed by atoms with van der Waals surface area (Å²) in [6.07, 6.45) is 11.8. The molecule has 3 fully saturated rings. The zero-order valence-electron chi connectivity index (χ0n) is 15.6. The van der Waals surface area contributed by atoms with E-state index in [1.54, 1.807) is 4.90 Å². The summed E-state index contributed by atoms with van der Waals surface area (Å²) in [6.45, 7) is 3.09. The summed E-state index contributed by atoms with van der Waals surface area (Å²) in [5, 5.41) is 3.19. The SMILES string of the molecule is COC(=O)N1CCC(NC(=O)N2CCCC3(CCCCC3)CC2)CC1. The van der Waals surface area contributed by atoms with Crippen molar-refractivity contribution in [3.63, 3.8) is 0 Å². The van der Waals surface area contributed by atoms with Crippen LogP contribution in [0.15, 0.2) is 0 Å². The van der Waals surface area contributed by atoms with Gasteiger partial charge in [-0.2, -0.15) is 0 Å². The Labute approximate surface area is 151 Å². The van der Waals surface area contributed by atoms with Crippen LogP contribution in [0, 0.1) is 5.41 Å². The van der Waals surface area contributed by atoms with Crippen molar-refractivity contribution in [2.75, 3.05) is 33.3 Å². The molecular weight excluding hydrogens is 318 g/mol. The van der Waals surface area contributed by atoms with Crippen LogP contribution in [0.4, 0.5) is 9.59 Å². The number of hydrogen-bond donors (Lipinski definition) is 1. The van der Waals surface area contributed by atoms with E-state index in [1.807, 2.05) is 4.90 Å². The molecule has 6 nitrogen and oxygen atoms in total. The number of likely N-dealkylation sites (tertiary alicyclic amines) is 2. The molecule has 142 valence electrons. The summed E-state index contributed by atoms with van der Waals surface area (Å²) in [6, 6.07) is 0.254. The van der Waals surface area contributed by atoms with Crippen LogP contribution < -0.4 is 5.32 Å². The van der Waals surface area contributed by atoms with Crippen molar-refractivity contribution >= 4 is 12.1 Å². The molecule has 1 saturated carbocycles. The first-order valence-corrected chi connectivity index (χ1v) is 10.0. The molecule has 0 bridgehead atoms. The zero-order chi connectivity index (χ0) is 17.7. The molecule has 3 aliphatic rings. The quantitative estimate of drug-likeness (QED) is 0.788. The summed E-state index contributed by atoms with van der Waals surface area (Å²) in [5.41, 5.74) is 0.513. The van der Waals surface area contributed by atoms with Crippen LogP contribution in [0.5, 0.6) is 0 Å². The number of ether oxygens (including phenoxy) is 1. The minimum absolute atomic E-state index is 0.0874. The second-order valence-corrected chi connectivity index (χ2v) is 8.08. The topological polar surface area (TPSA) is 61.9 Å². The molecule has 0 aromatic carbocycles. The highest BCUT2D eigenvalue weighted by Gasteiger charge is 2.35. The number of nitrogens with one attached hydrogen (secondary N) is 1. The summed E-state index contributed by atoms with van der Waals surface area (Å²) in [5.74, 6) is 0. The molecule has 2 heterocycles. The molecule has 0 unspecified atom stereocenters. The fraction of sp³-hybridized carbons (Fsp3) is 0.895. The average molecular weight is 351 g/mol. The van der Waals surface area contributed by atoms with Crippen LogP contribution in [0.3, 0.4) is 0 Å². The van der Waals surface area contributed by atoms with Gasteiger partial charge >= 0.3 is 12.1 Å². The Morgan fingerprint density at radius 1 is 0.880 bits per heavy atom. The van der Waals surface area contributed by atoms with Crippen molar-refractivity contribution in [1.29, 1.82) is 0 Å². The second kappa shape index (κ2) is 8.28. The minimum Gasteiger partial charge on any atom is -0.453 e. The third-order valence-corrected chi connectivity index (χ3v) is 6.50. The lowest BCUT2D eigenvalue weighted by atomic mass is 9.69. The lowest BCUT2D eigenvalue weighted by molar-refractivity contribution is 0.109. The first-order valence-electron chi connectivity index (χ1n) is 10.0. The van der Waals surface area contributed by atoms with Gasteiger partial charge in [0.2, 0.25) is 0 Å². The molecule has 0 atom stereocenters. The maximum absolute atomic E-state index is 12.7. The van der Waals surface area contributed by atoms with E-state index >= 15 is 0 Å². The van der Waals surface area contributed by atoms with Crippen molar-refractivity contribution in [2.24, 2.45) is 5.41 Å². The van der Waals surface area contributed by atoms with Gasteiger partial charge in [0.05, 0.1) is 7.11 Å². The van der Waals surface area contributed by atoms with E-state index in [2.05, 4.69) is 5.32 Å². The molecule has 1 N–H and O–H groups in total. The number of carbonyl (C=O) groups excluding carboxylic acids is 2. The standard InChI is InChI=1S/C19H33N3O3/c1-25-18(24)22-13-6-16(7-14-22)20-17(23)21-12-5-10-19(11-15-21)8-3-2-4-9-19/h16H,2-15H2,1H3,(H,20,23). The fourth-order valence-electron chi connectivity index (χ4n) is 4.86. The van der Waals surface area contributed by atoms with Gasteiger partial charge in [-0.05, 0) is 50.4 Å². The molecule has 3 amide bonds. The molecular formula is C19H33N3O3. The van der Waals surface area contributed by atoms with Gasteiger partial charge in [0, 0.05) is 32.2 Å². The smallest absolute Gasteiger partial charge is 0.409 e. The highest BCUT2D eigenvalue weighted by Crippen LogP contribution is 2.44. The maximum Gasteiger partial charge on any atom is 0.409 e. The van der Waals surface area contributed by atoms with Gasteiger partial charge in [0.15, 0.2) is 0 Å². The second-order valence-electron chi connectivity index (χ2n) is 8.08. The maximum atomic E-state index is 12.7. The van der Waals surface area contributed by atoms with Crippen molar-refractivity contribution in [3.8, 4) is 0 Å². The normalized spacial score (nSPS) is 24.7.